The van der Waals surface area contributed by atoms with E-state index in [4.69, 9.17) is 5.11 Å². The lowest BCUT2D eigenvalue weighted by atomic mass is 10.2. The average Bonchev–Trinajstić information content (AvgIpc) is 2.75. The van der Waals surface area contributed by atoms with Crippen molar-refractivity contribution in [1.29, 1.82) is 0 Å². The third-order valence-corrected chi connectivity index (χ3v) is 4.24. The zero-order valence-electron chi connectivity index (χ0n) is 9.81. The maximum atomic E-state index is 11.7. The van der Waals surface area contributed by atoms with Crippen LogP contribution in [-0.2, 0) is 0 Å². The van der Waals surface area contributed by atoms with E-state index < -0.39 is 5.97 Å². The number of amides is 1. The van der Waals surface area contributed by atoms with Gasteiger partial charge in [0.05, 0.1) is 0 Å². The molecule has 1 amide bonds. The van der Waals surface area contributed by atoms with Crippen LogP contribution < -0.4 is 5.32 Å². The molecule has 17 heavy (non-hydrogen) atoms. The second kappa shape index (κ2) is 5.50. The Morgan fingerprint density at radius 3 is 2.71 bits per heavy atom. The average molecular weight is 274 g/mol. The summed E-state index contributed by atoms with van der Waals surface area (Å²) in [6, 6.07) is 0. The van der Waals surface area contributed by atoms with E-state index in [9.17, 15) is 9.59 Å². The minimum absolute atomic E-state index is 0.0530. The normalized spacial score (nSPS) is 11.2. The van der Waals surface area contributed by atoms with Crippen LogP contribution >= 0.6 is 23.1 Å². The predicted octanol–water partition coefficient (Wildman–Crippen LogP) is 1.71. The molecule has 7 heteroatoms. The van der Waals surface area contributed by atoms with Crippen molar-refractivity contribution in [3.8, 4) is 0 Å². The second-order valence-corrected chi connectivity index (χ2v) is 6.36. The van der Waals surface area contributed by atoms with Crippen LogP contribution in [0.1, 0.15) is 34.1 Å². The monoisotopic (exact) mass is 274 g/mol. The number of aromatic carboxylic acids is 1. The first-order valence-corrected chi connectivity index (χ1v) is 6.98. The van der Waals surface area contributed by atoms with Crippen LogP contribution in [0.3, 0.4) is 0 Å². The third kappa shape index (κ3) is 4.01. The number of nitrogens with zero attached hydrogens (tertiary/aromatic N) is 1. The lowest BCUT2D eigenvalue weighted by Crippen LogP contribution is -2.36. The van der Waals surface area contributed by atoms with Gasteiger partial charge in [0.25, 0.3) is 5.91 Å². The van der Waals surface area contributed by atoms with Crippen molar-refractivity contribution in [1.82, 2.24) is 10.3 Å². The molecular formula is C10H14N2O3S2. The van der Waals surface area contributed by atoms with Gasteiger partial charge in [-0.15, -0.1) is 11.3 Å². The topological polar surface area (TPSA) is 79.3 Å². The van der Waals surface area contributed by atoms with Gasteiger partial charge in [0.2, 0.25) is 0 Å². The number of carbonyl (C=O) groups excluding carboxylic acids is 1. The molecule has 0 aliphatic heterocycles. The minimum atomic E-state index is -1.12. The number of carbonyl (C=O) groups is 2. The summed E-state index contributed by atoms with van der Waals surface area (Å²) in [5.41, 5.74) is -0.0933. The van der Waals surface area contributed by atoms with Crippen molar-refractivity contribution >= 4 is 35.0 Å². The molecule has 0 atom stereocenters. The smallest absolute Gasteiger partial charge is 0.355 e. The van der Waals surface area contributed by atoms with E-state index in [0.29, 0.717) is 6.54 Å². The zero-order chi connectivity index (χ0) is 13.1. The van der Waals surface area contributed by atoms with Crippen LogP contribution in [0, 0.1) is 0 Å². The summed E-state index contributed by atoms with van der Waals surface area (Å²) in [6.45, 7) is 4.54. The highest BCUT2D eigenvalue weighted by atomic mass is 32.2. The molecule has 1 rings (SSSR count). The quantitative estimate of drug-likeness (QED) is 0.854. The van der Waals surface area contributed by atoms with Gasteiger partial charge in [0.15, 0.2) is 10.7 Å². The van der Waals surface area contributed by atoms with E-state index in [-0.39, 0.29) is 21.4 Å². The van der Waals surface area contributed by atoms with Gasteiger partial charge in [-0.1, -0.05) is 0 Å². The highest BCUT2D eigenvalue weighted by Gasteiger charge is 2.19. The Balaban J connectivity index is 2.61. The van der Waals surface area contributed by atoms with Crippen molar-refractivity contribution in [2.24, 2.45) is 0 Å². The molecule has 0 saturated heterocycles. The summed E-state index contributed by atoms with van der Waals surface area (Å²) >= 11 is 2.68. The van der Waals surface area contributed by atoms with E-state index in [1.54, 1.807) is 11.8 Å². The van der Waals surface area contributed by atoms with E-state index in [2.05, 4.69) is 10.3 Å². The van der Waals surface area contributed by atoms with Crippen molar-refractivity contribution in [3.05, 3.63) is 16.1 Å². The molecule has 0 saturated carbocycles. The lowest BCUT2D eigenvalue weighted by Gasteiger charge is -2.21. The first-order chi connectivity index (χ1) is 7.85. The number of nitrogens with one attached hydrogen (secondary N) is 1. The largest absolute Gasteiger partial charge is 0.476 e. The SMILES string of the molecule is CSC(C)(C)CNC(=O)c1nc(C(=O)O)cs1. The summed E-state index contributed by atoms with van der Waals surface area (Å²) < 4.78 is -0.0530. The van der Waals surface area contributed by atoms with Crippen LogP contribution in [0.2, 0.25) is 0 Å². The van der Waals surface area contributed by atoms with Gasteiger partial charge in [0, 0.05) is 16.7 Å². The Kier molecular flexibility index (Phi) is 4.53. The number of thioether (sulfide) groups is 1. The van der Waals surface area contributed by atoms with Gasteiger partial charge in [0.1, 0.15) is 0 Å². The van der Waals surface area contributed by atoms with Crippen molar-refractivity contribution in [2.75, 3.05) is 12.8 Å². The second-order valence-electron chi connectivity index (χ2n) is 3.99. The molecule has 0 bridgehead atoms. The van der Waals surface area contributed by atoms with E-state index in [0.717, 1.165) is 11.3 Å². The van der Waals surface area contributed by atoms with Gasteiger partial charge in [-0.3, -0.25) is 4.79 Å². The Labute approximate surface area is 108 Å². The van der Waals surface area contributed by atoms with Crippen molar-refractivity contribution < 1.29 is 14.7 Å². The van der Waals surface area contributed by atoms with Gasteiger partial charge in [-0.2, -0.15) is 11.8 Å². The minimum Gasteiger partial charge on any atom is -0.476 e. The first-order valence-electron chi connectivity index (χ1n) is 4.88. The Hall–Kier alpha value is -1.08. The molecule has 0 radical (unpaired) electrons. The van der Waals surface area contributed by atoms with Crippen LogP contribution in [0.4, 0.5) is 0 Å². The summed E-state index contributed by atoms with van der Waals surface area (Å²) in [4.78, 5) is 26.0. The molecule has 0 aromatic carbocycles. The van der Waals surface area contributed by atoms with Crippen molar-refractivity contribution in [2.45, 2.75) is 18.6 Å². The van der Waals surface area contributed by atoms with Crippen LogP contribution in [0.15, 0.2) is 5.38 Å². The summed E-state index contributed by atoms with van der Waals surface area (Å²) in [5, 5.41) is 13.0. The summed E-state index contributed by atoms with van der Waals surface area (Å²) in [6.07, 6.45) is 1.97. The number of carboxylic acid groups (broad SMARTS) is 1. The zero-order valence-corrected chi connectivity index (χ0v) is 11.4. The standard InChI is InChI=1S/C10H14N2O3S2/c1-10(2,16-3)5-11-7(13)8-12-6(4-17-8)9(14)15/h4H,5H2,1-3H3,(H,11,13)(H,14,15). The molecular weight excluding hydrogens is 260 g/mol. The highest BCUT2D eigenvalue weighted by Crippen LogP contribution is 2.20. The molecule has 0 aliphatic carbocycles. The maximum Gasteiger partial charge on any atom is 0.355 e. The highest BCUT2D eigenvalue weighted by molar-refractivity contribution is 7.99. The number of hydrogen-bond donors (Lipinski definition) is 2. The molecule has 1 aromatic heterocycles. The molecule has 0 spiro atoms. The maximum absolute atomic E-state index is 11.7. The molecule has 2 N–H and O–H groups in total. The molecule has 5 nitrogen and oxygen atoms in total. The fraction of sp³-hybridized carbons (Fsp3) is 0.500. The van der Waals surface area contributed by atoms with Crippen LogP contribution in [-0.4, -0.2) is 39.5 Å². The molecule has 0 aliphatic rings. The number of thiazole rings is 1. The number of carboxylic acids is 1. The first kappa shape index (κ1) is 14.0. The number of rotatable bonds is 5. The van der Waals surface area contributed by atoms with E-state index in [1.165, 1.54) is 5.38 Å². The Morgan fingerprint density at radius 2 is 2.24 bits per heavy atom. The predicted molar refractivity (Wildman–Crippen MR) is 69.0 cm³/mol. The van der Waals surface area contributed by atoms with Gasteiger partial charge >= 0.3 is 5.97 Å². The fourth-order valence-electron chi connectivity index (χ4n) is 0.917. The van der Waals surface area contributed by atoms with Gasteiger partial charge < -0.3 is 10.4 Å². The Morgan fingerprint density at radius 1 is 1.59 bits per heavy atom. The molecule has 1 aromatic rings. The molecule has 0 unspecified atom stereocenters. The lowest BCUT2D eigenvalue weighted by molar-refractivity contribution is 0.0691. The molecule has 94 valence electrons. The molecule has 0 fully saturated rings. The van der Waals surface area contributed by atoms with Crippen LogP contribution in [0.5, 0.6) is 0 Å². The molecule has 1 heterocycles. The third-order valence-electron chi connectivity index (χ3n) is 2.14. The van der Waals surface area contributed by atoms with Crippen LogP contribution in [0.25, 0.3) is 0 Å². The van der Waals surface area contributed by atoms with E-state index in [1.807, 2.05) is 20.1 Å². The fourth-order valence-corrected chi connectivity index (χ4v) is 1.84. The number of hydrogen-bond acceptors (Lipinski definition) is 5. The summed E-state index contributed by atoms with van der Waals surface area (Å²) in [5.74, 6) is -1.45. The summed E-state index contributed by atoms with van der Waals surface area (Å²) in [7, 11) is 0. The number of aromatic nitrogens is 1. The van der Waals surface area contributed by atoms with Gasteiger partial charge in [-0.25, -0.2) is 9.78 Å². The Bertz CT molecular complexity index is 429. The van der Waals surface area contributed by atoms with E-state index >= 15 is 0 Å². The van der Waals surface area contributed by atoms with Crippen molar-refractivity contribution in [3.63, 3.8) is 0 Å². The van der Waals surface area contributed by atoms with Gasteiger partial charge in [-0.05, 0) is 20.1 Å².